The van der Waals surface area contributed by atoms with E-state index in [4.69, 9.17) is 21.4 Å². The molecule has 0 amide bonds. The first-order valence-electron chi connectivity index (χ1n) is 5.59. The molecule has 1 saturated heterocycles. The Morgan fingerprint density at radius 1 is 1.26 bits per heavy atom. The van der Waals surface area contributed by atoms with Gasteiger partial charge in [-0.25, -0.2) is 15.0 Å². The Balaban J connectivity index is 2.04. The van der Waals surface area contributed by atoms with E-state index >= 15 is 0 Å². The lowest BCUT2D eigenvalue weighted by Crippen LogP contribution is -2.33. The summed E-state index contributed by atoms with van der Waals surface area (Å²) < 4.78 is 6.85. The van der Waals surface area contributed by atoms with Crippen LogP contribution in [0.3, 0.4) is 0 Å². The first-order valence-corrected chi connectivity index (χ1v) is 5.96. The summed E-state index contributed by atoms with van der Waals surface area (Å²) in [5.41, 5.74) is 0.761. The Labute approximate surface area is 112 Å². The predicted octanol–water partition coefficient (Wildman–Crippen LogP) is -0.909. The molecule has 3 N–H and O–H groups in total. The maximum Gasteiger partial charge on any atom is 0.167 e. The summed E-state index contributed by atoms with van der Waals surface area (Å²) in [7, 11) is 0. The molecule has 4 atom stereocenters. The van der Waals surface area contributed by atoms with Gasteiger partial charge in [0, 0.05) is 0 Å². The van der Waals surface area contributed by atoms with E-state index in [9.17, 15) is 10.2 Å². The molecule has 0 saturated carbocycles. The van der Waals surface area contributed by atoms with Gasteiger partial charge in [-0.1, -0.05) is 11.6 Å². The average Bonchev–Trinajstić information content (AvgIpc) is 2.94. The second-order valence-electron chi connectivity index (χ2n) is 4.22. The van der Waals surface area contributed by atoms with Crippen molar-refractivity contribution in [2.75, 3.05) is 6.61 Å². The number of aliphatic hydroxyl groups excluding tert-OH is 3. The Kier molecular flexibility index (Phi) is 3.11. The summed E-state index contributed by atoms with van der Waals surface area (Å²) in [6.07, 6.45) is -1.44. The molecule has 102 valence electrons. The Bertz CT molecular complexity index is 606. The lowest BCUT2D eigenvalue weighted by Gasteiger charge is -2.16. The van der Waals surface area contributed by atoms with Crippen LogP contribution in [-0.4, -0.2) is 59.8 Å². The third-order valence-electron chi connectivity index (χ3n) is 3.11. The van der Waals surface area contributed by atoms with E-state index in [-0.39, 0.29) is 5.15 Å². The molecule has 2 aromatic heterocycles. The fourth-order valence-corrected chi connectivity index (χ4v) is 2.30. The number of nitrogens with zero attached hydrogens (tertiary/aromatic N) is 4. The first kappa shape index (κ1) is 12.7. The highest BCUT2D eigenvalue weighted by Gasteiger charge is 2.43. The SMILES string of the molecule is OC[C@@H]1O[C@H](n2cnc3c(Cl)ncnc32)[C@H](O)[C@H]1O. The lowest BCUT2D eigenvalue weighted by molar-refractivity contribution is -0.0511. The van der Waals surface area contributed by atoms with Crippen molar-refractivity contribution < 1.29 is 20.1 Å². The second-order valence-corrected chi connectivity index (χ2v) is 4.58. The van der Waals surface area contributed by atoms with Gasteiger partial charge in [0.1, 0.15) is 30.2 Å². The summed E-state index contributed by atoms with van der Waals surface area (Å²) in [6.45, 7) is -0.392. The van der Waals surface area contributed by atoms with Crippen molar-refractivity contribution in [1.29, 1.82) is 0 Å². The largest absolute Gasteiger partial charge is 0.394 e. The van der Waals surface area contributed by atoms with E-state index in [0.717, 1.165) is 0 Å². The fraction of sp³-hybridized carbons (Fsp3) is 0.500. The molecule has 0 radical (unpaired) electrons. The number of fused-ring (bicyclic) bond motifs is 1. The summed E-state index contributed by atoms with van der Waals surface area (Å²) in [5, 5.41) is 28.9. The molecule has 1 fully saturated rings. The number of hydrogen-bond acceptors (Lipinski definition) is 7. The van der Waals surface area contributed by atoms with Crippen molar-refractivity contribution in [2.24, 2.45) is 0 Å². The molecule has 9 heteroatoms. The van der Waals surface area contributed by atoms with Crippen LogP contribution >= 0.6 is 11.6 Å². The van der Waals surface area contributed by atoms with Crippen molar-refractivity contribution >= 4 is 22.8 Å². The Hall–Kier alpha value is -1.32. The molecule has 1 aliphatic rings. The highest BCUT2D eigenvalue weighted by atomic mass is 35.5. The molecule has 0 unspecified atom stereocenters. The van der Waals surface area contributed by atoms with E-state index in [2.05, 4.69) is 15.0 Å². The smallest absolute Gasteiger partial charge is 0.167 e. The molecule has 2 aromatic rings. The zero-order valence-corrected chi connectivity index (χ0v) is 10.3. The van der Waals surface area contributed by atoms with Crippen molar-refractivity contribution in [1.82, 2.24) is 19.5 Å². The van der Waals surface area contributed by atoms with E-state index < -0.39 is 31.1 Å². The highest BCUT2D eigenvalue weighted by Crippen LogP contribution is 2.31. The van der Waals surface area contributed by atoms with E-state index in [1.807, 2.05) is 0 Å². The molecule has 3 heterocycles. The van der Waals surface area contributed by atoms with Crippen LogP contribution in [-0.2, 0) is 4.74 Å². The molecule has 0 spiro atoms. The van der Waals surface area contributed by atoms with Crippen LogP contribution in [0.25, 0.3) is 11.2 Å². The number of ether oxygens (including phenoxy) is 1. The number of aromatic nitrogens is 4. The van der Waals surface area contributed by atoms with Gasteiger partial charge in [-0.15, -0.1) is 0 Å². The van der Waals surface area contributed by atoms with Crippen molar-refractivity contribution in [3.63, 3.8) is 0 Å². The molecule has 3 rings (SSSR count). The van der Waals surface area contributed by atoms with Gasteiger partial charge in [0.15, 0.2) is 17.0 Å². The lowest BCUT2D eigenvalue weighted by atomic mass is 10.1. The minimum Gasteiger partial charge on any atom is -0.394 e. The van der Waals surface area contributed by atoms with Gasteiger partial charge in [0.2, 0.25) is 0 Å². The van der Waals surface area contributed by atoms with Gasteiger partial charge in [-0.2, -0.15) is 0 Å². The van der Waals surface area contributed by atoms with Crippen LogP contribution in [0.4, 0.5) is 0 Å². The number of hydrogen-bond donors (Lipinski definition) is 3. The highest BCUT2D eigenvalue weighted by molar-refractivity contribution is 6.33. The number of halogens is 1. The van der Waals surface area contributed by atoms with E-state index in [0.29, 0.717) is 11.2 Å². The summed E-state index contributed by atoms with van der Waals surface area (Å²) in [4.78, 5) is 11.9. The first-order chi connectivity index (χ1) is 9.13. The van der Waals surface area contributed by atoms with Gasteiger partial charge in [-0.3, -0.25) is 4.57 Å². The van der Waals surface area contributed by atoms with E-state index in [1.165, 1.54) is 17.2 Å². The van der Waals surface area contributed by atoms with Gasteiger partial charge in [-0.05, 0) is 0 Å². The van der Waals surface area contributed by atoms with Crippen molar-refractivity contribution in [3.8, 4) is 0 Å². The van der Waals surface area contributed by atoms with Crippen LogP contribution < -0.4 is 0 Å². The van der Waals surface area contributed by atoms with Gasteiger partial charge >= 0.3 is 0 Å². The molecule has 0 aliphatic carbocycles. The van der Waals surface area contributed by atoms with Gasteiger partial charge < -0.3 is 20.1 Å². The molecule has 0 aromatic carbocycles. The van der Waals surface area contributed by atoms with Crippen LogP contribution in [0.2, 0.25) is 5.15 Å². The molecule has 8 nitrogen and oxygen atoms in total. The predicted molar refractivity (Wildman–Crippen MR) is 63.3 cm³/mol. The summed E-state index contributed by atoms with van der Waals surface area (Å²) >= 11 is 5.88. The number of imidazole rings is 1. The zero-order valence-electron chi connectivity index (χ0n) is 9.59. The van der Waals surface area contributed by atoms with Crippen LogP contribution in [0.5, 0.6) is 0 Å². The topological polar surface area (TPSA) is 114 Å². The zero-order chi connectivity index (χ0) is 13.6. The molecular formula is C10H11ClN4O4. The second kappa shape index (κ2) is 4.66. The monoisotopic (exact) mass is 286 g/mol. The summed E-state index contributed by atoms with van der Waals surface area (Å²) in [5.74, 6) is 0. The number of rotatable bonds is 2. The Morgan fingerprint density at radius 3 is 2.74 bits per heavy atom. The number of aliphatic hydroxyl groups is 3. The standard InChI is InChI=1S/C10H11ClN4O4/c11-8-5-9(13-2-12-8)15(3-14-5)10-7(18)6(17)4(1-16)19-10/h2-4,6-7,10,16-18H,1H2/t4-,6-,7+,10-/m0/s1. The van der Waals surface area contributed by atoms with Crippen molar-refractivity contribution in [2.45, 2.75) is 24.5 Å². The molecular weight excluding hydrogens is 276 g/mol. The van der Waals surface area contributed by atoms with Crippen molar-refractivity contribution in [3.05, 3.63) is 17.8 Å². The molecule has 19 heavy (non-hydrogen) atoms. The third kappa shape index (κ3) is 1.88. The maximum atomic E-state index is 9.95. The van der Waals surface area contributed by atoms with E-state index in [1.54, 1.807) is 0 Å². The average molecular weight is 287 g/mol. The third-order valence-corrected chi connectivity index (χ3v) is 3.38. The fourth-order valence-electron chi connectivity index (χ4n) is 2.12. The van der Waals surface area contributed by atoms with Crippen LogP contribution in [0.1, 0.15) is 6.23 Å². The maximum absolute atomic E-state index is 9.95. The van der Waals surface area contributed by atoms with Crippen LogP contribution in [0.15, 0.2) is 12.7 Å². The van der Waals surface area contributed by atoms with Gasteiger partial charge in [0.25, 0.3) is 0 Å². The molecule has 0 bridgehead atoms. The van der Waals surface area contributed by atoms with Crippen LogP contribution in [0, 0.1) is 0 Å². The minimum atomic E-state index is -1.19. The van der Waals surface area contributed by atoms with Gasteiger partial charge in [0.05, 0.1) is 12.9 Å². The normalized spacial score (nSPS) is 31.2. The molecule has 1 aliphatic heterocycles. The Morgan fingerprint density at radius 2 is 2.05 bits per heavy atom. The minimum absolute atomic E-state index is 0.190. The summed E-state index contributed by atoms with van der Waals surface area (Å²) in [6, 6.07) is 0. The quantitative estimate of drug-likeness (QED) is 0.613.